The van der Waals surface area contributed by atoms with Crippen LogP contribution in [0, 0.1) is 16.7 Å². The molecule has 0 radical (unpaired) electrons. The number of nitriles is 1. The van der Waals surface area contributed by atoms with Crippen LogP contribution in [0.25, 0.3) is 0 Å². The fourth-order valence-corrected chi connectivity index (χ4v) is 3.44. The molecule has 1 fully saturated rings. The van der Waals surface area contributed by atoms with Gasteiger partial charge in [-0.05, 0) is 30.8 Å². The van der Waals surface area contributed by atoms with Crippen LogP contribution in [0.4, 0.5) is 5.00 Å². The van der Waals surface area contributed by atoms with Crippen LogP contribution in [-0.4, -0.2) is 42.2 Å². The van der Waals surface area contributed by atoms with Gasteiger partial charge in [0, 0.05) is 31.5 Å². The van der Waals surface area contributed by atoms with E-state index in [2.05, 4.69) is 23.2 Å². The van der Waals surface area contributed by atoms with E-state index >= 15 is 0 Å². The third-order valence-corrected chi connectivity index (χ3v) is 4.77. The number of aliphatic hydroxyl groups excluding tert-OH is 1. The maximum Gasteiger partial charge on any atom is 0.226 e. The predicted octanol–water partition coefficient (Wildman–Crippen LogP) is 2.04. The molecule has 0 aromatic carbocycles. The Bertz CT molecular complexity index is 537. The molecule has 1 unspecified atom stereocenters. The van der Waals surface area contributed by atoms with Gasteiger partial charge in [-0.15, -0.1) is 11.3 Å². The fraction of sp³-hybridized carbons (Fsp3) is 0.600. The summed E-state index contributed by atoms with van der Waals surface area (Å²) < 4.78 is 0. The molecule has 0 aliphatic carbocycles. The van der Waals surface area contributed by atoms with E-state index in [1.165, 1.54) is 11.3 Å². The van der Waals surface area contributed by atoms with E-state index < -0.39 is 0 Å². The maximum absolute atomic E-state index is 12.0. The van der Waals surface area contributed by atoms with Gasteiger partial charge in [0.2, 0.25) is 5.91 Å². The van der Waals surface area contributed by atoms with Gasteiger partial charge in [0.1, 0.15) is 11.1 Å². The summed E-state index contributed by atoms with van der Waals surface area (Å²) in [4.78, 5) is 14.2. The number of amides is 1. The van der Waals surface area contributed by atoms with Crippen molar-refractivity contribution in [3.63, 3.8) is 0 Å². The van der Waals surface area contributed by atoms with E-state index in [0.29, 0.717) is 23.5 Å². The number of likely N-dealkylation sites (tertiary alicyclic amines) is 1. The van der Waals surface area contributed by atoms with Gasteiger partial charge in [-0.1, -0.05) is 6.92 Å². The standard InChI is InChI=1S/C15H21N3O2S/c1-15(11-19)5-2-6-18(10-15)7-3-13(20)17-14-12(9-16)4-8-21-14/h4,8,19H,2-3,5-7,10-11H2,1H3,(H,17,20). The molecule has 1 amide bonds. The average Bonchev–Trinajstić information content (AvgIpc) is 2.92. The number of nitrogens with zero attached hydrogens (tertiary/aromatic N) is 2. The minimum Gasteiger partial charge on any atom is -0.396 e. The SMILES string of the molecule is CC1(CO)CCCN(CCC(=O)Nc2sccc2C#N)C1. The van der Waals surface area contributed by atoms with E-state index in [-0.39, 0.29) is 17.9 Å². The van der Waals surface area contributed by atoms with Crippen molar-refractivity contribution in [3.05, 3.63) is 17.0 Å². The lowest BCUT2D eigenvalue weighted by Gasteiger charge is -2.39. The normalized spacial score (nSPS) is 22.7. The summed E-state index contributed by atoms with van der Waals surface area (Å²) in [7, 11) is 0. The van der Waals surface area contributed by atoms with Crippen LogP contribution in [0.15, 0.2) is 11.4 Å². The van der Waals surface area contributed by atoms with Gasteiger partial charge in [0.15, 0.2) is 0 Å². The lowest BCUT2D eigenvalue weighted by molar-refractivity contribution is -0.116. The number of rotatable bonds is 5. The van der Waals surface area contributed by atoms with Crippen LogP contribution in [0.5, 0.6) is 0 Å². The molecule has 2 heterocycles. The Morgan fingerprint density at radius 3 is 3.19 bits per heavy atom. The molecule has 1 aromatic rings. The van der Waals surface area contributed by atoms with Crippen molar-refractivity contribution >= 4 is 22.2 Å². The molecule has 1 atom stereocenters. The Balaban J connectivity index is 1.80. The smallest absolute Gasteiger partial charge is 0.226 e. The second kappa shape index (κ2) is 7.03. The summed E-state index contributed by atoms with van der Waals surface area (Å²) in [5.41, 5.74) is 0.468. The predicted molar refractivity (Wildman–Crippen MR) is 83.1 cm³/mol. The number of thiophene rings is 1. The zero-order valence-electron chi connectivity index (χ0n) is 12.3. The van der Waals surface area contributed by atoms with Crippen LogP contribution < -0.4 is 5.32 Å². The first-order valence-corrected chi connectivity index (χ1v) is 8.05. The van der Waals surface area contributed by atoms with Crippen molar-refractivity contribution in [2.24, 2.45) is 5.41 Å². The molecular formula is C15H21N3O2S. The Labute approximate surface area is 129 Å². The van der Waals surface area contributed by atoms with Crippen molar-refractivity contribution < 1.29 is 9.90 Å². The second-order valence-electron chi connectivity index (χ2n) is 5.92. The lowest BCUT2D eigenvalue weighted by Crippen LogP contribution is -2.44. The number of carbonyl (C=O) groups excluding carboxylic acids is 1. The molecule has 2 N–H and O–H groups in total. The highest BCUT2D eigenvalue weighted by atomic mass is 32.1. The fourth-order valence-electron chi connectivity index (χ4n) is 2.69. The lowest BCUT2D eigenvalue weighted by atomic mass is 9.83. The van der Waals surface area contributed by atoms with Crippen LogP contribution in [0.2, 0.25) is 0 Å². The van der Waals surface area contributed by atoms with Gasteiger partial charge in [-0.3, -0.25) is 4.79 Å². The molecule has 1 aromatic heterocycles. The van der Waals surface area contributed by atoms with Crippen LogP contribution in [0.1, 0.15) is 31.7 Å². The minimum atomic E-state index is -0.0646. The monoisotopic (exact) mass is 307 g/mol. The summed E-state index contributed by atoms with van der Waals surface area (Å²) in [6.07, 6.45) is 2.50. The van der Waals surface area contributed by atoms with Crippen molar-refractivity contribution in [2.45, 2.75) is 26.2 Å². The van der Waals surface area contributed by atoms with Crippen molar-refractivity contribution in [2.75, 3.05) is 31.6 Å². The number of aliphatic hydroxyl groups is 1. The minimum absolute atomic E-state index is 0.0452. The van der Waals surface area contributed by atoms with Crippen LogP contribution in [0.3, 0.4) is 0 Å². The third-order valence-electron chi connectivity index (χ3n) is 3.94. The first kappa shape index (κ1) is 16.0. The highest BCUT2D eigenvalue weighted by molar-refractivity contribution is 7.14. The van der Waals surface area contributed by atoms with Crippen LogP contribution in [-0.2, 0) is 4.79 Å². The molecule has 1 saturated heterocycles. The van der Waals surface area contributed by atoms with E-state index in [0.717, 1.165) is 25.9 Å². The Morgan fingerprint density at radius 1 is 1.67 bits per heavy atom. The number of carbonyl (C=O) groups is 1. The quantitative estimate of drug-likeness (QED) is 0.873. The van der Waals surface area contributed by atoms with E-state index in [4.69, 9.17) is 5.26 Å². The first-order valence-electron chi connectivity index (χ1n) is 7.17. The van der Waals surface area contributed by atoms with Gasteiger partial charge in [0.05, 0.1) is 5.56 Å². The van der Waals surface area contributed by atoms with E-state index in [9.17, 15) is 9.90 Å². The van der Waals surface area contributed by atoms with Gasteiger partial charge in [-0.2, -0.15) is 5.26 Å². The van der Waals surface area contributed by atoms with Crippen molar-refractivity contribution in [3.8, 4) is 6.07 Å². The molecule has 1 aliphatic heterocycles. The van der Waals surface area contributed by atoms with Gasteiger partial charge < -0.3 is 15.3 Å². The molecule has 21 heavy (non-hydrogen) atoms. The zero-order valence-corrected chi connectivity index (χ0v) is 13.1. The van der Waals surface area contributed by atoms with Gasteiger partial charge in [0.25, 0.3) is 0 Å². The summed E-state index contributed by atoms with van der Waals surface area (Å²) in [6.45, 7) is 4.78. The molecule has 0 bridgehead atoms. The molecule has 2 rings (SSSR count). The van der Waals surface area contributed by atoms with Gasteiger partial charge in [-0.25, -0.2) is 0 Å². The van der Waals surface area contributed by atoms with E-state index in [1.807, 2.05) is 0 Å². The summed E-state index contributed by atoms with van der Waals surface area (Å²) >= 11 is 1.37. The third kappa shape index (κ3) is 4.27. The number of nitrogens with one attached hydrogen (secondary N) is 1. The molecule has 6 heteroatoms. The van der Waals surface area contributed by atoms with E-state index in [1.54, 1.807) is 11.4 Å². The number of piperidine rings is 1. The molecule has 0 saturated carbocycles. The Kier molecular flexibility index (Phi) is 5.34. The van der Waals surface area contributed by atoms with Gasteiger partial charge >= 0.3 is 0 Å². The molecule has 0 spiro atoms. The Hall–Kier alpha value is -1.42. The highest BCUT2D eigenvalue weighted by Crippen LogP contribution is 2.28. The molecule has 114 valence electrons. The van der Waals surface area contributed by atoms with Crippen molar-refractivity contribution in [1.82, 2.24) is 4.90 Å². The molecule has 5 nitrogen and oxygen atoms in total. The number of hydrogen-bond donors (Lipinski definition) is 2. The Morgan fingerprint density at radius 2 is 2.48 bits per heavy atom. The summed E-state index contributed by atoms with van der Waals surface area (Å²) in [5.74, 6) is -0.0646. The van der Waals surface area contributed by atoms with Crippen LogP contribution >= 0.6 is 11.3 Å². The summed E-state index contributed by atoms with van der Waals surface area (Å²) in [5, 5.41) is 23.6. The second-order valence-corrected chi connectivity index (χ2v) is 6.84. The topological polar surface area (TPSA) is 76.4 Å². The molecule has 1 aliphatic rings. The average molecular weight is 307 g/mol. The number of hydrogen-bond acceptors (Lipinski definition) is 5. The maximum atomic E-state index is 12.0. The highest BCUT2D eigenvalue weighted by Gasteiger charge is 2.30. The summed E-state index contributed by atoms with van der Waals surface area (Å²) in [6, 6.07) is 3.77. The first-order chi connectivity index (χ1) is 10.1. The zero-order chi connectivity index (χ0) is 15.3. The molecular weight excluding hydrogens is 286 g/mol. The van der Waals surface area contributed by atoms with Crippen molar-refractivity contribution in [1.29, 1.82) is 5.26 Å². The largest absolute Gasteiger partial charge is 0.396 e. The number of anilines is 1.